The fourth-order valence-electron chi connectivity index (χ4n) is 1.49. The molecule has 0 aromatic rings. The van der Waals surface area contributed by atoms with E-state index in [0.29, 0.717) is 26.1 Å². The van der Waals surface area contributed by atoms with E-state index >= 15 is 0 Å². The van der Waals surface area contributed by atoms with Crippen molar-refractivity contribution in [2.45, 2.75) is 33.3 Å². The summed E-state index contributed by atoms with van der Waals surface area (Å²) in [6, 6.07) is 0. The molecule has 5 nitrogen and oxygen atoms in total. The Morgan fingerprint density at radius 2 is 2.06 bits per heavy atom. The molecular formula is C12H26N2O3. The Labute approximate surface area is 104 Å². The molecule has 102 valence electrons. The third-order valence-corrected chi connectivity index (χ3v) is 2.14. The van der Waals surface area contributed by atoms with Crippen molar-refractivity contribution in [2.75, 3.05) is 33.4 Å². The van der Waals surface area contributed by atoms with Crippen LogP contribution in [0.25, 0.3) is 0 Å². The molecule has 0 aliphatic carbocycles. The van der Waals surface area contributed by atoms with Gasteiger partial charge < -0.3 is 20.5 Å². The second-order valence-corrected chi connectivity index (χ2v) is 5.39. The SMILES string of the molecule is COCCNC(=O)CNCC(O)CC(C)(C)C. The molecular weight excluding hydrogens is 220 g/mol. The van der Waals surface area contributed by atoms with Gasteiger partial charge in [-0.05, 0) is 11.8 Å². The first-order valence-corrected chi connectivity index (χ1v) is 5.99. The average molecular weight is 246 g/mol. The van der Waals surface area contributed by atoms with Crippen molar-refractivity contribution < 1.29 is 14.6 Å². The van der Waals surface area contributed by atoms with Gasteiger partial charge >= 0.3 is 0 Å². The summed E-state index contributed by atoms with van der Waals surface area (Å²) in [6.45, 7) is 7.93. The second kappa shape index (κ2) is 8.44. The van der Waals surface area contributed by atoms with Gasteiger partial charge in [-0.15, -0.1) is 0 Å². The number of methoxy groups -OCH3 is 1. The molecule has 0 spiro atoms. The first kappa shape index (κ1) is 16.4. The molecule has 3 N–H and O–H groups in total. The van der Waals surface area contributed by atoms with Crippen molar-refractivity contribution in [3.63, 3.8) is 0 Å². The van der Waals surface area contributed by atoms with Gasteiger partial charge in [0.2, 0.25) is 5.91 Å². The van der Waals surface area contributed by atoms with E-state index in [1.807, 2.05) is 0 Å². The highest BCUT2D eigenvalue weighted by molar-refractivity contribution is 5.77. The maximum absolute atomic E-state index is 11.3. The molecule has 5 heteroatoms. The zero-order chi connectivity index (χ0) is 13.3. The number of carbonyl (C=O) groups excluding carboxylic acids is 1. The van der Waals surface area contributed by atoms with Gasteiger partial charge in [0.1, 0.15) is 0 Å². The minimum atomic E-state index is -0.415. The van der Waals surface area contributed by atoms with Gasteiger partial charge in [-0.1, -0.05) is 20.8 Å². The first-order chi connectivity index (χ1) is 7.85. The molecule has 1 atom stereocenters. The number of rotatable bonds is 8. The molecule has 0 aliphatic rings. The van der Waals surface area contributed by atoms with Crippen LogP contribution in [0.4, 0.5) is 0 Å². The smallest absolute Gasteiger partial charge is 0.234 e. The molecule has 0 aromatic carbocycles. The lowest BCUT2D eigenvalue weighted by atomic mass is 9.89. The summed E-state index contributed by atoms with van der Waals surface area (Å²) < 4.78 is 4.81. The Hall–Kier alpha value is -0.650. The molecule has 0 saturated carbocycles. The summed E-state index contributed by atoms with van der Waals surface area (Å²) in [5.41, 5.74) is 0.0990. The Bertz CT molecular complexity index is 214. The summed E-state index contributed by atoms with van der Waals surface area (Å²) in [7, 11) is 1.59. The van der Waals surface area contributed by atoms with Crippen LogP contribution < -0.4 is 10.6 Å². The summed E-state index contributed by atoms with van der Waals surface area (Å²) >= 11 is 0. The largest absolute Gasteiger partial charge is 0.392 e. The molecule has 0 saturated heterocycles. The molecule has 17 heavy (non-hydrogen) atoms. The molecule has 1 amide bonds. The third kappa shape index (κ3) is 11.6. The third-order valence-electron chi connectivity index (χ3n) is 2.14. The van der Waals surface area contributed by atoms with Crippen LogP contribution in [0, 0.1) is 5.41 Å². The number of hydrogen-bond donors (Lipinski definition) is 3. The van der Waals surface area contributed by atoms with Crippen LogP contribution in [-0.4, -0.2) is 50.5 Å². The predicted octanol–water partition coefficient (Wildman–Crippen LogP) is 0.136. The standard InChI is InChI=1S/C12H26N2O3/c1-12(2,3)7-10(15)8-13-9-11(16)14-5-6-17-4/h10,13,15H,5-9H2,1-4H3,(H,14,16). The van der Waals surface area contributed by atoms with Crippen molar-refractivity contribution >= 4 is 5.91 Å². The summed E-state index contributed by atoms with van der Waals surface area (Å²) in [6.07, 6.45) is 0.299. The molecule has 0 radical (unpaired) electrons. The molecule has 0 heterocycles. The number of aliphatic hydroxyl groups excluding tert-OH is 1. The van der Waals surface area contributed by atoms with Crippen molar-refractivity contribution in [1.29, 1.82) is 0 Å². The number of carbonyl (C=O) groups is 1. The molecule has 0 bridgehead atoms. The lowest BCUT2D eigenvalue weighted by Crippen LogP contribution is -2.39. The monoisotopic (exact) mass is 246 g/mol. The van der Waals surface area contributed by atoms with Crippen LogP contribution in [0.2, 0.25) is 0 Å². The van der Waals surface area contributed by atoms with Gasteiger partial charge in [-0.2, -0.15) is 0 Å². The number of aliphatic hydroxyl groups is 1. The molecule has 1 unspecified atom stereocenters. The van der Waals surface area contributed by atoms with Crippen LogP contribution in [0.5, 0.6) is 0 Å². The average Bonchev–Trinajstić information content (AvgIpc) is 2.15. The number of amides is 1. The first-order valence-electron chi connectivity index (χ1n) is 5.99. The fraction of sp³-hybridized carbons (Fsp3) is 0.917. The Morgan fingerprint density at radius 3 is 2.59 bits per heavy atom. The van der Waals surface area contributed by atoms with Gasteiger partial charge in [-0.3, -0.25) is 4.79 Å². The van der Waals surface area contributed by atoms with Crippen LogP contribution in [-0.2, 0) is 9.53 Å². The number of ether oxygens (including phenoxy) is 1. The lowest BCUT2D eigenvalue weighted by Gasteiger charge is -2.22. The van der Waals surface area contributed by atoms with Crippen LogP contribution in [0.1, 0.15) is 27.2 Å². The van der Waals surface area contributed by atoms with Gasteiger partial charge in [0.25, 0.3) is 0 Å². The Morgan fingerprint density at radius 1 is 1.41 bits per heavy atom. The van der Waals surface area contributed by atoms with E-state index in [1.165, 1.54) is 0 Å². The second-order valence-electron chi connectivity index (χ2n) is 5.39. The van der Waals surface area contributed by atoms with E-state index < -0.39 is 6.10 Å². The van der Waals surface area contributed by atoms with Gasteiger partial charge in [0.15, 0.2) is 0 Å². The highest BCUT2D eigenvalue weighted by atomic mass is 16.5. The number of nitrogens with one attached hydrogen (secondary N) is 2. The molecule has 0 aliphatic heterocycles. The molecule has 0 aromatic heterocycles. The summed E-state index contributed by atoms with van der Waals surface area (Å²) in [5, 5.41) is 15.3. The van der Waals surface area contributed by atoms with E-state index in [-0.39, 0.29) is 17.9 Å². The van der Waals surface area contributed by atoms with Gasteiger partial charge in [-0.25, -0.2) is 0 Å². The Kier molecular flexibility index (Phi) is 8.12. The Balaban J connectivity index is 3.52. The van der Waals surface area contributed by atoms with E-state index in [4.69, 9.17) is 4.74 Å². The van der Waals surface area contributed by atoms with Crippen molar-refractivity contribution in [2.24, 2.45) is 5.41 Å². The van der Waals surface area contributed by atoms with Crippen molar-refractivity contribution in [3.05, 3.63) is 0 Å². The van der Waals surface area contributed by atoms with Crippen molar-refractivity contribution in [3.8, 4) is 0 Å². The van der Waals surface area contributed by atoms with Crippen molar-refractivity contribution in [1.82, 2.24) is 10.6 Å². The normalized spacial score (nSPS) is 13.5. The maximum atomic E-state index is 11.3. The fourth-order valence-corrected chi connectivity index (χ4v) is 1.49. The lowest BCUT2D eigenvalue weighted by molar-refractivity contribution is -0.120. The van der Waals surface area contributed by atoms with Crippen LogP contribution >= 0.6 is 0 Å². The maximum Gasteiger partial charge on any atom is 0.234 e. The predicted molar refractivity (Wildman–Crippen MR) is 67.8 cm³/mol. The minimum Gasteiger partial charge on any atom is -0.392 e. The van der Waals surface area contributed by atoms with Gasteiger partial charge in [0, 0.05) is 20.2 Å². The van der Waals surface area contributed by atoms with Crippen LogP contribution in [0.3, 0.4) is 0 Å². The minimum absolute atomic E-state index is 0.0787. The molecule has 0 rings (SSSR count). The van der Waals surface area contributed by atoms with E-state index in [1.54, 1.807) is 7.11 Å². The zero-order valence-corrected chi connectivity index (χ0v) is 11.4. The quantitative estimate of drug-likeness (QED) is 0.533. The van der Waals surface area contributed by atoms with Crippen LogP contribution in [0.15, 0.2) is 0 Å². The van der Waals surface area contributed by atoms with E-state index in [2.05, 4.69) is 31.4 Å². The summed E-state index contributed by atoms with van der Waals surface area (Å²) in [4.78, 5) is 11.3. The van der Waals surface area contributed by atoms with Gasteiger partial charge in [0.05, 0.1) is 19.3 Å². The summed E-state index contributed by atoms with van der Waals surface area (Å²) in [5.74, 6) is -0.0787. The van der Waals surface area contributed by atoms with E-state index in [9.17, 15) is 9.90 Å². The highest BCUT2D eigenvalue weighted by Crippen LogP contribution is 2.20. The topological polar surface area (TPSA) is 70.6 Å². The number of hydrogen-bond acceptors (Lipinski definition) is 4. The zero-order valence-electron chi connectivity index (χ0n) is 11.4. The molecule has 0 fully saturated rings. The van der Waals surface area contributed by atoms with E-state index in [0.717, 1.165) is 0 Å². The highest BCUT2D eigenvalue weighted by Gasteiger charge is 2.16.